The van der Waals surface area contributed by atoms with Gasteiger partial charge in [0.2, 0.25) is 5.91 Å². The number of unbranched alkanes of at least 4 members (excludes halogenated alkanes) is 1. The maximum Gasteiger partial charge on any atom is 0.414 e. The van der Waals surface area contributed by atoms with Crippen molar-refractivity contribution in [1.29, 1.82) is 0 Å². The molecular weight excluding hydrogens is 622 g/mol. The number of hydrogen-bond donors (Lipinski definition) is 2. The van der Waals surface area contributed by atoms with Gasteiger partial charge >= 0.3 is 18.2 Å². The molecule has 2 fully saturated rings. The van der Waals surface area contributed by atoms with Crippen LogP contribution in [-0.2, 0) is 19.1 Å². The van der Waals surface area contributed by atoms with Crippen LogP contribution in [0.5, 0.6) is 5.75 Å². The van der Waals surface area contributed by atoms with Crippen molar-refractivity contribution in [3.63, 3.8) is 0 Å². The molecule has 260 valence electrons. The lowest BCUT2D eigenvalue weighted by Crippen LogP contribution is -2.56. The fraction of sp³-hybridized carbons (Fsp3) is 0.529. The van der Waals surface area contributed by atoms with Crippen molar-refractivity contribution in [3.8, 4) is 17.0 Å². The number of piperazine rings is 1. The highest BCUT2D eigenvalue weighted by Gasteiger charge is 2.31. The second kappa shape index (κ2) is 18.0. The van der Waals surface area contributed by atoms with Crippen LogP contribution in [0.2, 0.25) is 0 Å². The van der Waals surface area contributed by atoms with Crippen LogP contribution in [0.25, 0.3) is 11.3 Å². The van der Waals surface area contributed by atoms with E-state index in [-0.39, 0.29) is 56.4 Å². The van der Waals surface area contributed by atoms with Crippen LogP contribution in [0, 0.1) is 5.92 Å². The summed E-state index contributed by atoms with van der Waals surface area (Å²) in [4.78, 5) is 73.1. The Morgan fingerprint density at radius 3 is 2.40 bits per heavy atom. The smallest absolute Gasteiger partial charge is 0.414 e. The third kappa shape index (κ3) is 10.7. The monoisotopic (exact) mass is 667 g/mol. The van der Waals surface area contributed by atoms with E-state index in [1.807, 2.05) is 25.1 Å². The number of pyridine rings is 1. The molecule has 1 aromatic carbocycles. The minimum absolute atomic E-state index is 0.0909. The normalized spacial score (nSPS) is 15.7. The Hall–Kier alpha value is -4.72. The molecule has 2 saturated heterocycles. The standard InChI is InChI=1S/C34H45N5O9/c1-3-4-18-47-34(45)39-16-14-38(15-17-39)32(43)27(10-11-30(40)41)36-31(42)29-22-26(21-28(35-29)25-8-6-5-7-9-25)48-33(44)37(2)23-24-12-19-46-20-13-24/h5-9,21-22,24,27H,3-4,10-20,23H2,1-2H3,(H,36,42)(H,40,41)/t27-/m0/s1. The zero-order valence-electron chi connectivity index (χ0n) is 27.6. The first kappa shape index (κ1) is 36.1. The van der Waals surface area contributed by atoms with Gasteiger partial charge in [-0.2, -0.15) is 0 Å². The Morgan fingerprint density at radius 1 is 1.04 bits per heavy atom. The van der Waals surface area contributed by atoms with Crippen LogP contribution in [0.4, 0.5) is 9.59 Å². The van der Waals surface area contributed by atoms with Crippen molar-refractivity contribution in [2.45, 2.75) is 51.5 Å². The summed E-state index contributed by atoms with van der Waals surface area (Å²) in [6.07, 6.45) is 1.79. The summed E-state index contributed by atoms with van der Waals surface area (Å²) in [5, 5.41) is 12.0. The van der Waals surface area contributed by atoms with E-state index in [1.54, 1.807) is 25.2 Å². The SMILES string of the molecule is CCCCOC(=O)N1CCN(C(=O)[C@H](CCC(=O)O)NC(=O)c2cc(OC(=O)N(C)CC3CCOCC3)cc(-c3ccccc3)n2)CC1. The Labute approximate surface area is 280 Å². The maximum atomic E-state index is 13.6. The Morgan fingerprint density at radius 2 is 1.73 bits per heavy atom. The molecule has 1 aromatic heterocycles. The number of aromatic nitrogens is 1. The molecule has 14 heteroatoms. The highest BCUT2D eigenvalue weighted by Crippen LogP contribution is 2.25. The first-order chi connectivity index (χ1) is 23.1. The molecule has 3 heterocycles. The van der Waals surface area contributed by atoms with Gasteiger partial charge in [-0.3, -0.25) is 14.4 Å². The molecule has 0 bridgehead atoms. The van der Waals surface area contributed by atoms with E-state index in [4.69, 9.17) is 14.2 Å². The van der Waals surface area contributed by atoms with Crippen LogP contribution in [0.15, 0.2) is 42.5 Å². The van der Waals surface area contributed by atoms with Gasteiger partial charge in [0, 0.05) is 77.1 Å². The molecule has 48 heavy (non-hydrogen) atoms. The number of carbonyl (C=O) groups excluding carboxylic acids is 4. The van der Waals surface area contributed by atoms with Gasteiger partial charge in [-0.15, -0.1) is 0 Å². The second-order valence-corrected chi connectivity index (χ2v) is 12.0. The molecule has 0 spiro atoms. The van der Waals surface area contributed by atoms with E-state index < -0.39 is 36.0 Å². The van der Waals surface area contributed by atoms with Crippen LogP contribution < -0.4 is 10.1 Å². The number of carboxylic acids is 1. The summed E-state index contributed by atoms with van der Waals surface area (Å²) < 4.78 is 16.4. The number of benzene rings is 1. The molecule has 0 unspecified atom stereocenters. The van der Waals surface area contributed by atoms with Crippen molar-refractivity contribution in [2.75, 3.05) is 59.6 Å². The first-order valence-corrected chi connectivity index (χ1v) is 16.5. The van der Waals surface area contributed by atoms with Crippen molar-refractivity contribution in [2.24, 2.45) is 5.92 Å². The molecule has 0 radical (unpaired) electrons. The molecule has 2 aromatic rings. The quantitative estimate of drug-likeness (QED) is 0.301. The fourth-order valence-corrected chi connectivity index (χ4v) is 5.49. The number of nitrogens with one attached hydrogen (secondary N) is 1. The molecule has 1 atom stereocenters. The Bertz CT molecular complexity index is 1410. The fourth-order valence-electron chi connectivity index (χ4n) is 5.49. The zero-order chi connectivity index (χ0) is 34.5. The summed E-state index contributed by atoms with van der Waals surface area (Å²) in [6, 6.07) is 10.8. The summed E-state index contributed by atoms with van der Waals surface area (Å²) in [7, 11) is 1.65. The van der Waals surface area contributed by atoms with Crippen molar-refractivity contribution in [1.82, 2.24) is 25.0 Å². The Balaban J connectivity index is 1.48. The van der Waals surface area contributed by atoms with Crippen LogP contribution in [-0.4, -0.2) is 120 Å². The van der Waals surface area contributed by atoms with Gasteiger partial charge in [0.05, 0.1) is 12.3 Å². The van der Waals surface area contributed by atoms with Gasteiger partial charge in [-0.25, -0.2) is 14.6 Å². The van der Waals surface area contributed by atoms with Crippen LogP contribution >= 0.6 is 0 Å². The lowest BCUT2D eigenvalue weighted by atomic mass is 10.0. The molecule has 4 amide bonds. The zero-order valence-corrected chi connectivity index (χ0v) is 27.6. The van der Waals surface area contributed by atoms with Gasteiger partial charge < -0.3 is 39.3 Å². The van der Waals surface area contributed by atoms with Gasteiger partial charge in [-0.05, 0) is 31.6 Å². The molecule has 4 rings (SSSR count). The molecule has 2 N–H and O–H groups in total. The summed E-state index contributed by atoms with van der Waals surface area (Å²) in [5.41, 5.74) is 0.928. The van der Waals surface area contributed by atoms with Gasteiger partial charge in [0.1, 0.15) is 17.5 Å². The largest absolute Gasteiger partial charge is 0.481 e. The molecule has 2 aliphatic rings. The van der Waals surface area contributed by atoms with E-state index in [2.05, 4.69) is 10.3 Å². The number of amides is 4. The maximum absolute atomic E-state index is 13.6. The van der Waals surface area contributed by atoms with Crippen molar-refractivity contribution >= 4 is 30.0 Å². The summed E-state index contributed by atoms with van der Waals surface area (Å²) in [6.45, 7) is 5.00. The lowest BCUT2D eigenvalue weighted by molar-refractivity contribution is -0.138. The van der Waals surface area contributed by atoms with Gasteiger partial charge in [0.15, 0.2) is 0 Å². The van der Waals surface area contributed by atoms with Gasteiger partial charge in [-0.1, -0.05) is 43.7 Å². The van der Waals surface area contributed by atoms with E-state index in [0.29, 0.717) is 37.6 Å². The van der Waals surface area contributed by atoms with Gasteiger partial charge in [0.25, 0.3) is 5.91 Å². The number of carbonyl (C=O) groups is 5. The second-order valence-electron chi connectivity index (χ2n) is 12.0. The summed E-state index contributed by atoms with van der Waals surface area (Å²) >= 11 is 0. The number of aliphatic carboxylic acids is 1. The average molecular weight is 668 g/mol. The molecule has 2 aliphatic heterocycles. The average Bonchev–Trinajstić information content (AvgIpc) is 3.10. The van der Waals surface area contributed by atoms with Crippen molar-refractivity contribution < 1.29 is 43.3 Å². The number of nitrogens with zero attached hydrogens (tertiary/aromatic N) is 4. The van der Waals surface area contributed by atoms with E-state index >= 15 is 0 Å². The minimum atomic E-state index is -1.17. The topological polar surface area (TPSA) is 168 Å². The summed E-state index contributed by atoms with van der Waals surface area (Å²) in [5.74, 6) is -1.94. The van der Waals surface area contributed by atoms with Crippen LogP contribution in [0.3, 0.4) is 0 Å². The van der Waals surface area contributed by atoms with Crippen LogP contribution in [0.1, 0.15) is 55.9 Å². The highest BCUT2D eigenvalue weighted by atomic mass is 16.6. The predicted octanol–water partition coefficient (Wildman–Crippen LogP) is 3.65. The third-order valence-electron chi connectivity index (χ3n) is 8.31. The molecular formula is C34H45N5O9. The van der Waals surface area contributed by atoms with E-state index in [9.17, 15) is 29.1 Å². The minimum Gasteiger partial charge on any atom is -0.481 e. The highest BCUT2D eigenvalue weighted by molar-refractivity contribution is 5.97. The molecule has 0 saturated carbocycles. The molecule has 0 aliphatic carbocycles. The molecule has 14 nitrogen and oxygen atoms in total. The predicted molar refractivity (Wildman–Crippen MR) is 174 cm³/mol. The number of ether oxygens (including phenoxy) is 3. The first-order valence-electron chi connectivity index (χ1n) is 16.5. The Kier molecular flexibility index (Phi) is 13.5. The van der Waals surface area contributed by atoms with Crippen molar-refractivity contribution in [3.05, 3.63) is 48.2 Å². The van der Waals surface area contributed by atoms with E-state index in [1.165, 1.54) is 20.8 Å². The number of rotatable bonds is 13. The van der Waals surface area contributed by atoms with E-state index in [0.717, 1.165) is 25.7 Å². The number of carboxylic acid groups (broad SMARTS) is 1. The number of hydrogen-bond acceptors (Lipinski definition) is 9. The third-order valence-corrected chi connectivity index (χ3v) is 8.31. The lowest BCUT2D eigenvalue weighted by Gasteiger charge is -2.36.